The van der Waals surface area contributed by atoms with Crippen LogP contribution >= 0.6 is 0 Å². The van der Waals surface area contributed by atoms with Gasteiger partial charge in [-0.15, -0.1) is 0 Å². The van der Waals surface area contributed by atoms with E-state index in [0.29, 0.717) is 22.6 Å². The Morgan fingerprint density at radius 3 is 2.67 bits per heavy atom. The zero-order valence-electron chi connectivity index (χ0n) is 16.8. The predicted octanol–water partition coefficient (Wildman–Crippen LogP) is 3.63. The SMILES string of the molecule is COc1cc(/C=C/C(=O)OC(C)C(=O)Nc2ccc(C)c(F)c2)ccc1OCC#N. The van der Waals surface area contributed by atoms with Crippen molar-refractivity contribution in [3.63, 3.8) is 0 Å². The summed E-state index contributed by atoms with van der Waals surface area (Å²) < 4.78 is 29.1. The number of nitrogens with one attached hydrogen (secondary N) is 1. The van der Waals surface area contributed by atoms with Crippen molar-refractivity contribution < 1.29 is 28.2 Å². The number of benzene rings is 2. The summed E-state index contributed by atoms with van der Waals surface area (Å²) in [4.78, 5) is 24.1. The molecule has 0 spiro atoms. The van der Waals surface area contributed by atoms with Crippen molar-refractivity contribution >= 4 is 23.6 Å². The van der Waals surface area contributed by atoms with Crippen molar-refractivity contribution in [1.82, 2.24) is 0 Å². The van der Waals surface area contributed by atoms with Crippen LogP contribution in [-0.4, -0.2) is 31.7 Å². The number of esters is 1. The van der Waals surface area contributed by atoms with Gasteiger partial charge in [-0.2, -0.15) is 5.26 Å². The summed E-state index contributed by atoms with van der Waals surface area (Å²) in [5.74, 6) is -0.951. The highest BCUT2D eigenvalue weighted by Crippen LogP contribution is 2.28. The lowest BCUT2D eigenvalue weighted by Crippen LogP contribution is -2.29. The highest BCUT2D eigenvalue weighted by atomic mass is 19.1. The number of rotatable bonds is 8. The third-order valence-electron chi connectivity index (χ3n) is 3.99. The van der Waals surface area contributed by atoms with Gasteiger partial charge in [0.1, 0.15) is 11.9 Å². The molecule has 0 fully saturated rings. The summed E-state index contributed by atoms with van der Waals surface area (Å²) in [6.07, 6.45) is 1.57. The van der Waals surface area contributed by atoms with Crippen LogP contribution in [0.2, 0.25) is 0 Å². The number of carbonyl (C=O) groups is 2. The first-order valence-corrected chi connectivity index (χ1v) is 8.97. The number of ether oxygens (including phenoxy) is 3. The van der Waals surface area contributed by atoms with E-state index in [-0.39, 0.29) is 12.3 Å². The summed E-state index contributed by atoms with van der Waals surface area (Å²) in [7, 11) is 1.45. The van der Waals surface area contributed by atoms with Gasteiger partial charge in [0.2, 0.25) is 0 Å². The van der Waals surface area contributed by atoms with Crippen LogP contribution in [0.1, 0.15) is 18.1 Å². The standard InChI is InChI=1S/C22H21FN2O5/c1-14-4-7-17(13-18(14)23)25-22(27)15(2)30-21(26)9-6-16-5-8-19(29-11-10-24)20(12-16)28-3/h4-9,12-13,15H,11H2,1-3H3,(H,25,27)/b9-6+. The molecule has 0 aliphatic heterocycles. The number of methoxy groups -OCH3 is 1. The molecule has 8 heteroatoms. The Morgan fingerprint density at radius 1 is 1.23 bits per heavy atom. The number of halogens is 1. The van der Waals surface area contributed by atoms with Gasteiger partial charge in [-0.3, -0.25) is 4.79 Å². The van der Waals surface area contributed by atoms with E-state index in [9.17, 15) is 14.0 Å². The average molecular weight is 412 g/mol. The molecule has 0 aromatic heterocycles. The van der Waals surface area contributed by atoms with Crippen LogP contribution in [0.5, 0.6) is 11.5 Å². The Morgan fingerprint density at radius 2 is 2.00 bits per heavy atom. The van der Waals surface area contributed by atoms with Gasteiger partial charge in [-0.25, -0.2) is 9.18 Å². The van der Waals surface area contributed by atoms with Gasteiger partial charge in [0.05, 0.1) is 7.11 Å². The Kier molecular flexibility index (Phi) is 7.94. The van der Waals surface area contributed by atoms with E-state index in [1.54, 1.807) is 31.2 Å². The van der Waals surface area contributed by atoms with Crippen LogP contribution in [0.25, 0.3) is 6.08 Å². The third kappa shape index (κ3) is 6.34. The minimum Gasteiger partial charge on any atom is -0.493 e. The quantitative estimate of drug-likeness (QED) is 0.525. The molecule has 0 radical (unpaired) electrons. The maximum Gasteiger partial charge on any atom is 0.331 e. The lowest BCUT2D eigenvalue weighted by molar-refractivity contribution is -0.148. The summed E-state index contributed by atoms with van der Waals surface area (Å²) in [5.41, 5.74) is 1.35. The van der Waals surface area contributed by atoms with Crippen molar-refractivity contribution in [3.8, 4) is 17.6 Å². The van der Waals surface area contributed by atoms with E-state index >= 15 is 0 Å². The number of aryl methyl sites for hydroxylation is 1. The fourth-order valence-corrected chi connectivity index (χ4v) is 2.36. The molecule has 0 saturated carbocycles. The zero-order valence-corrected chi connectivity index (χ0v) is 16.8. The van der Waals surface area contributed by atoms with E-state index in [1.807, 2.05) is 6.07 Å². The first-order valence-electron chi connectivity index (χ1n) is 8.97. The highest BCUT2D eigenvalue weighted by Gasteiger charge is 2.17. The molecular formula is C22H21FN2O5. The van der Waals surface area contributed by atoms with Crippen LogP contribution in [0.4, 0.5) is 10.1 Å². The molecule has 1 unspecified atom stereocenters. The van der Waals surface area contributed by atoms with Crippen LogP contribution in [0, 0.1) is 24.1 Å². The summed E-state index contributed by atoms with van der Waals surface area (Å²) in [5, 5.41) is 11.1. The van der Waals surface area contributed by atoms with Gasteiger partial charge in [0, 0.05) is 11.8 Å². The number of hydrogen-bond donors (Lipinski definition) is 1. The number of hydrogen-bond acceptors (Lipinski definition) is 6. The molecule has 0 aliphatic rings. The molecule has 2 aromatic carbocycles. The number of nitriles is 1. The van der Waals surface area contributed by atoms with Gasteiger partial charge in [-0.05, 0) is 55.3 Å². The van der Waals surface area contributed by atoms with Gasteiger partial charge < -0.3 is 19.5 Å². The Hall–Kier alpha value is -3.86. The highest BCUT2D eigenvalue weighted by molar-refractivity contribution is 5.96. The second-order valence-electron chi connectivity index (χ2n) is 6.22. The maximum atomic E-state index is 13.6. The molecule has 0 saturated heterocycles. The lowest BCUT2D eigenvalue weighted by atomic mass is 10.2. The van der Waals surface area contributed by atoms with Gasteiger partial charge in [-0.1, -0.05) is 12.1 Å². The molecule has 30 heavy (non-hydrogen) atoms. The number of carbonyl (C=O) groups excluding carboxylic acids is 2. The number of nitrogens with zero attached hydrogens (tertiary/aromatic N) is 1. The first kappa shape index (κ1) is 22.4. The van der Waals surface area contributed by atoms with Crippen molar-refractivity contribution in [3.05, 3.63) is 59.4 Å². The summed E-state index contributed by atoms with van der Waals surface area (Å²) >= 11 is 0. The second kappa shape index (κ2) is 10.6. The summed E-state index contributed by atoms with van der Waals surface area (Å²) in [6, 6.07) is 11.1. The second-order valence-corrected chi connectivity index (χ2v) is 6.22. The van der Waals surface area contributed by atoms with Crippen molar-refractivity contribution in [2.45, 2.75) is 20.0 Å². The molecule has 156 valence electrons. The summed E-state index contributed by atoms with van der Waals surface area (Å²) in [6.45, 7) is 2.91. The smallest absolute Gasteiger partial charge is 0.331 e. The minimum absolute atomic E-state index is 0.118. The fourth-order valence-electron chi connectivity index (χ4n) is 2.36. The monoisotopic (exact) mass is 412 g/mol. The van der Waals surface area contributed by atoms with Gasteiger partial charge in [0.15, 0.2) is 24.2 Å². The minimum atomic E-state index is -1.08. The topological polar surface area (TPSA) is 97.7 Å². The van der Waals surface area contributed by atoms with Crippen molar-refractivity contribution in [2.24, 2.45) is 0 Å². The molecule has 0 heterocycles. The average Bonchev–Trinajstić information content (AvgIpc) is 2.73. The predicted molar refractivity (Wildman–Crippen MR) is 108 cm³/mol. The first-order chi connectivity index (χ1) is 14.3. The molecule has 2 rings (SSSR count). The van der Waals surface area contributed by atoms with E-state index < -0.39 is 23.8 Å². The number of amides is 1. The Bertz CT molecular complexity index is 998. The van der Waals surface area contributed by atoms with E-state index in [2.05, 4.69) is 5.32 Å². The molecule has 0 bridgehead atoms. The Labute approximate surface area is 173 Å². The Balaban J connectivity index is 1.95. The van der Waals surface area contributed by atoms with Crippen molar-refractivity contribution in [2.75, 3.05) is 19.0 Å². The van der Waals surface area contributed by atoms with Gasteiger partial charge in [0.25, 0.3) is 5.91 Å². The van der Waals surface area contributed by atoms with Crippen molar-refractivity contribution in [1.29, 1.82) is 5.26 Å². The molecule has 1 N–H and O–H groups in total. The zero-order chi connectivity index (χ0) is 22.1. The van der Waals surface area contributed by atoms with Gasteiger partial charge >= 0.3 is 5.97 Å². The number of anilines is 1. The van der Waals surface area contributed by atoms with E-state index in [1.165, 1.54) is 38.3 Å². The molecule has 2 aromatic rings. The normalized spacial score (nSPS) is 11.4. The van der Waals surface area contributed by atoms with Crippen LogP contribution in [-0.2, 0) is 14.3 Å². The molecule has 7 nitrogen and oxygen atoms in total. The molecule has 0 aliphatic carbocycles. The third-order valence-corrected chi connectivity index (χ3v) is 3.99. The maximum absolute atomic E-state index is 13.6. The largest absolute Gasteiger partial charge is 0.493 e. The fraction of sp³-hybridized carbons (Fsp3) is 0.227. The lowest BCUT2D eigenvalue weighted by Gasteiger charge is -2.13. The molecule has 1 atom stereocenters. The van der Waals surface area contributed by atoms with E-state index in [0.717, 1.165) is 0 Å². The van der Waals surface area contributed by atoms with Crippen LogP contribution in [0.15, 0.2) is 42.5 Å². The van der Waals surface area contributed by atoms with E-state index in [4.69, 9.17) is 19.5 Å². The molecule has 1 amide bonds. The van der Waals surface area contributed by atoms with Crippen LogP contribution < -0.4 is 14.8 Å². The molecular weight excluding hydrogens is 391 g/mol. The van der Waals surface area contributed by atoms with Crippen LogP contribution in [0.3, 0.4) is 0 Å².